The van der Waals surface area contributed by atoms with Gasteiger partial charge in [-0.05, 0) is 12.1 Å². The molecule has 0 unspecified atom stereocenters. The number of carbonyl (C=O) groups excluding carboxylic acids is 1. The minimum Gasteiger partial charge on any atom is -0.464 e. The number of nitrogens with zero attached hydrogens (tertiary/aromatic N) is 4. The fraction of sp³-hybridized carbons (Fsp3) is 0.615. The predicted molar refractivity (Wildman–Crippen MR) is 73.8 cm³/mol. The number of esters is 1. The highest BCUT2D eigenvalue weighted by Gasteiger charge is 2.28. The summed E-state index contributed by atoms with van der Waals surface area (Å²) in [6.07, 6.45) is 0. The van der Waals surface area contributed by atoms with Crippen molar-refractivity contribution in [2.75, 3.05) is 51.3 Å². The van der Waals surface area contributed by atoms with Crippen LogP contribution in [0.5, 0.6) is 0 Å². The number of anilines is 1. The average Bonchev–Trinajstić information content (AvgIpc) is 2.46. The van der Waals surface area contributed by atoms with Crippen LogP contribution in [-0.4, -0.2) is 73.5 Å². The van der Waals surface area contributed by atoms with Gasteiger partial charge in [0.05, 0.1) is 7.11 Å². The van der Waals surface area contributed by atoms with E-state index >= 15 is 0 Å². The van der Waals surface area contributed by atoms with Crippen molar-refractivity contribution in [3.8, 4) is 0 Å². The molecule has 1 aromatic rings. The van der Waals surface area contributed by atoms with Crippen molar-refractivity contribution in [3.05, 3.63) is 17.8 Å². The highest BCUT2D eigenvalue weighted by atomic mass is 16.5. The summed E-state index contributed by atoms with van der Waals surface area (Å²) in [5.41, 5.74) is 0.246. The largest absolute Gasteiger partial charge is 0.464 e. The van der Waals surface area contributed by atoms with Gasteiger partial charge in [-0.2, -0.15) is 0 Å². The first-order chi connectivity index (χ1) is 9.78. The summed E-state index contributed by atoms with van der Waals surface area (Å²) >= 11 is 0. The van der Waals surface area contributed by atoms with Crippen molar-refractivity contribution >= 4 is 11.8 Å². The molecule has 0 aromatic carbocycles. The van der Waals surface area contributed by atoms with E-state index in [4.69, 9.17) is 0 Å². The molecule has 2 aliphatic rings. The number of hydrogen-bond donors (Lipinski definition) is 1. The van der Waals surface area contributed by atoms with Crippen LogP contribution < -0.4 is 10.2 Å². The third-order valence-corrected chi connectivity index (χ3v) is 3.96. The number of ether oxygens (including phenoxy) is 1. The smallest absolute Gasteiger partial charge is 0.358 e. The lowest BCUT2D eigenvalue weighted by molar-refractivity contribution is 0.0592. The molecule has 3 heterocycles. The minimum atomic E-state index is -0.452. The van der Waals surface area contributed by atoms with Gasteiger partial charge >= 0.3 is 5.97 Å². The van der Waals surface area contributed by atoms with E-state index in [1.54, 1.807) is 6.07 Å². The lowest BCUT2D eigenvalue weighted by Gasteiger charge is -2.43. The van der Waals surface area contributed by atoms with Gasteiger partial charge in [-0.15, -0.1) is 10.2 Å². The Morgan fingerprint density at radius 1 is 1.25 bits per heavy atom. The molecule has 108 valence electrons. The Morgan fingerprint density at radius 2 is 2.00 bits per heavy atom. The Morgan fingerprint density at radius 3 is 2.50 bits per heavy atom. The van der Waals surface area contributed by atoms with Gasteiger partial charge in [0.2, 0.25) is 0 Å². The van der Waals surface area contributed by atoms with Crippen LogP contribution >= 0.6 is 0 Å². The molecule has 0 atom stereocenters. The molecule has 0 aliphatic carbocycles. The van der Waals surface area contributed by atoms with Crippen molar-refractivity contribution in [3.63, 3.8) is 0 Å². The Balaban J connectivity index is 1.58. The maximum Gasteiger partial charge on any atom is 0.358 e. The van der Waals surface area contributed by atoms with E-state index in [0.29, 0.717) is 6.04 Å². The van der Waals surface area contributed by atoms with Crippen LogP contribution in [0.25, 0.3) is 0 Å². The molecule has 2 aliphatic heterocycles. The lowest BCUT2D eigenvalue weighted by Crippen LogP contribution is -2.61. The van der Waals surface area contributed by atoms with Crippen molar-refractivity contribution in [1.29, 1.82) is 0 Å². The molecule has 0 amide bonds. The molecule has 20 heavy (non-hydrogen) atoms. The van der Waals surface area contributed by atoms with Crippen LogP contribution in [0.2, 0.25) is 0 Å². The van der Waals surface area contributed by atoms with E-state index in [1.807, 2.05) is 6.07 Å². The SMILES string of the molecule is COC(=O)c1ccc(N2CCN(C3CNC3)CC2)nn1. The van der Waals surface area contributed by atoms with Crippen molar-refractivity contribution < 1.29 is 9.53 Å². The third kappa shape index (κ3) is 2.59. The average molecular weight is 277 g/mol. The fourth-order valence-electron chi connectivity index (χ4n) is 2.56. The molecule has 2 saturated heterocycles. The summed E-state index contributed by atoms with van der Waals surface area (Å²) in [4.78, 5) is 16.0. The summed E-state index contributed by atoms with van der Waals surface area (Å²) in [6.45, 7) is 6.20. The van der Waals surface area contributed by atoms with E-state index < -0.39 is 5.97 Å². The number of rotatable bonds is 3. The van der Waals surface area contributed by atoms with Gasteiger partial charge in [-0.1, -0.05) is 0 Å². The zero-order valence-electron chi connectivity index (χ0n) is 11.6. The Labute approximate surface area is 117 Å². The first-order valence-electron chi connectivity index (χ1n) is 6.89. The van der Waals surface area contributed by atoms with Crippen molar-refractivity contribution in [2.24, 2.45) is 0 Å². The van der Waals surface area contributed by atoms with Gasteiger partial charge in [-0.25, -0.2) is 4.79 Å². The van der Waals surface area contributed by atoms with Crippen LogP contribution in [0.1, 0.15) is 10.5 Å². The molecular formula is C13H19N5O2. The topological polar surface area (TPSA) is 70.6 Å². The second-order valence-corrected chi connectivity index (χ2v) is 5.10. The van der Waals surface area contributed by atoms with Gasteiger partial charge in [0.25, 0.3) is 0 Å². The fourth-order valence-corrected chi connectivity index (χ4v) is 2.56. The summed E-state index contributed by atoms with van der Waals surface area (Å²) in [5.74, 6) is 0.371. The Hall–Kier alpha value is -1.73. The lowest BCUT2D eigenvalue weighted by atomic mass is 10.1. The summed E-state index contributed by atoms with van der Waals surface area (Å²) < 4.78 is 4.61. The second kappa shape index (κ2) is 5.72. The molecule has 0 radical (unpaired) electrons. The van der Waals surface area contributed by atoms with E-state index in [1.165, 1.54) is 7.11 Å². The number of aromatic nitrogens is 2. The van der Waals surface area contributed by atoms with Crippen LogP contribution in [-0.2, 0) is 4.74 Å². The number of carbonyl (C=O) groups is 1. The predicted octanol–water partition coefficient (Wildman–Crippen LogP) is -0.643. The van der Waals surface area contributed by atoms with Gasteiger partial charge in [-0.3, -0.25) is 4.90 Å². The van der Waals surface area contributed by atoms with Crippen LogP contribution in [0.4, 0.5) is 5.82 Å². The number of methoxy groups -OCH3 is 1. The van der Waals surface area contributed by atoms with Gasteiger partial charge < -0.3 is 15.0 Å². The summed E-state index contributed by atoms with van der Waals surface area (Å²) in [6, 6.07) is 4.20. The second-order valence-electron chi connectivity index (χ2n) is 5.10. The van der Waals surface area contributed by atoms with E-state index in [2.05, 4.69) is 30.1 Å². The molecule has 0 bridgehead atoms. The van der Waals surface area contributed by atoms with E-state index in [0.717, 1.165) is 45.1 Å². The highest BCUT2D eigenvalue weighted by molar-refractivity contribution is 5.86. The maximum atomic E-state index is 11.3. The summed E-state index contributed by atoms with van der Waals surface area (Å²) in [5, 5.41) is 11.3. The summed E-state index contributed by atoms with van der Waals surface area (Å²) in [7, 11) is 1.34. The first-order valence-corrected chi connectivity index (χ1v) is 6.89. The number of hydrogen-bond acceptors (Lipinski definition) is 7. The normalized spacial score (nSPS) is 20.6. The first kappa shape index (κ1) is 13.3. The van der Waals surface area contributed by atoms with Crippen molar-refractivity contribution in [1.82, 2.24) is 20.4 Å². The zero-order chi connectivity index (χ0) is 13.9. The molecule has 1 N–H and O–H groups in total. The molecular weight excluding hydrogens is 258 g/mol. The van der Waals surface area contributed by atoms with Crippen molar-refractivity contribution in [2.45, 2.75) is 6.04 Å². The Bertz CT molecular complexity index is 466. The van der Waals surface area contributed by atoms with E-state index in [9.17, 15) is 4.79 Å². The monoisotopic (exact) mass is 277 g/mol. The van der Waals surface area contributed by atoms with Crippen LogP contribution in [0.15, 0.2) is 12.1 Å². The molecule has 0 spiro atoms. The molecule has 7 heteroatoms. The minimum absolute atomic E-state index is 0.246. The van der Waals surface area contributed by atoms with E-state index in [-0.39, 0.29) is 5.69 Å². The quantitative estimate of drug-likeness (QED) is 0.737. The van der Waals surface area contributed by atoms with Crippen LogP contribution in [0, 0.1) is 0 Å². The molecule has 2 fully saturated rings. The van der Waals surface area contributed by atoms with Gasteiger partial charge in [0.1, 0.15) is 0 Å². The maximum absolute atomic E-state index is 11.3. The van der Waals surface area contributed by atoms with Gasteiger partial charge in [0, 0.05) is 45.3 Å². The highest BCUT2D eigenvalue weighted by Crippen LogP contribution is 2.15. The molecule has 3 rings (SSSR count). The molecule has 7 nitrogen and oxygen atoms in total. The number of piperazine rings is 1. The molecule has 1 aromatic heterocycles. The zero-order valence-corrected chi connectivity index (χ0v) is 11.6. The Kier molecular flexibility index (Phi) is 3.79. The van der Waals surface area contributed by atoms with Gasteiger partial charge in [0.15, 0.2) is 11.5 Å². The standard InChI is InChI=1S/C13H19N5O2/c1-20-13(19)11-2-3-12(16-15-11)18-6-4-17(5-7-18)10-8-14-9-10/h2-3,10,14H,4-9H2,1H3. The number of nitrogens with one attached hydrogen (secondary N) is 1. The molecule has 0 saturated carbocycles. The third-order valence-electron chi connectivity index (χ3n) is 3.96. The van der Waals surface area contributed by atoms with Crippen LogP contribution in [0.3, 0.4) is 0 Å².